The van der Waals surface area contributed by atoms with Crippen LogP contribution >= 0.6 is 15.9 Å². The molecular weight excluding hydrogens is 547 g/mol. The van der Waals surface area contributed by atoms with E-state index in [9.17, 15) is 22.8 Å². The number of alkyl halides is 4. The van der Waals surface area contributed by atoms with Crippen molar-refractivity contribution < 1.29 is 32.2 Å². The number of ether oxygens (including phenoxy) is 2. The van der Waals surface area contributed by atoms with Gasteiger partial charge in [-0.25, -0.2) is 19.9 Å². The molecule has 0 aliphatic heterocycles. The largest absolute Gasteiger partial charge is 0.443 e. The fraction of sp³-hybridized carbons (Fsp3) is 0.348. The Bertz CT molecular complexity index is 1280. The standard InChI is InChI=1S/C23H23BrF3N5O4/c1-12(29-19-16-7-13(10-24)5-6-14(16)11-28-32-19)17-8-15(9-18(30-17)23(25,26)27)35-20(33)31-21(34)36-22(2,3)4/h5-9,11-12H,10H2,1-4H3,(H,29,32)(H,31,33,34). The highest BCUT2D eigenvalue weighted by Crippen LogP contribution is 2.33. The molecule has 0 aliphatic rings. The van der Waals surface area contributed by atoms with Crippen molar-refractivity contribution in [2.75, 3.05) is 5.32 Å². The fourth-order valence-electron chi connectivity index (χ4n) is 3.06. The number of amides is 2. The predicted octanol–water partition coefficient (Wildman–Crippen LogP) is 6.14. The zero-order valence-corrected chi connectivity index (χ0v) is 21.3. The topological polar surface area (TPSA) is 115 Å². The summed E-state index contributed by atoms with van der Waals surface area (Å²) in [6.07, 6.45) is -5.66. The number of pyridine rings is 1. The second kappa shape index (κ2) is 10.6. The number of halogens is 4. The summed E-state index contributed by atoms with van der Waals surface area (Å²) in [7, 11) is 0. The number of nitrogens with zero attached hydrogens (tertiary/aromatic N) is 3. The van der Waals surface area contributed by atoms with Gasteiger partial charge in [0.15, 0.2) is 5.82 Å². The summed E-state index contributed by atoms with van der Waals surface area (Å²) >= 11 is 3.39. The summed E-state index contributed by atoms with van der Waals surface area (Å²) in [5.41, 5.74) is -1.28. The molecule has 0 saturated heterocycles. The normalized spacial score (nSPS) is 12.7. The van der Waals surface area contributed by atoms with Crippen molar-refractivity contribution >= 4 is 44.7 Å². The lowest BCUT2D eigenvalue weighted by molar-refractivity contribution is -0.141. The SMILES string of the molecule is CC(Nc1nncc2ccc(CBr)cc12)c1cc(OC(=O)NC(=O)OC(C)(C)C)cc(C(F)(F)F)n1. The van der Waals surface area contributed by atoms with Crippen LogP contribution in [0.5, 0.6) is 5.75 Å². The van der Waals surface area contributed by atoms with Crippen LogP contribution in [0.15, 0.2) is 36.5 Å². The van der Waals surface area contributed by atoms with Gasteiger partial charge in [0.25, 0.3) is 0 Å². The van der Waals surface area contributed by atoms with E-state index in [1.165, 1.54) is 0 Å². The van der Waals surface area contributed by atoms with Crippen LogP contribution in [0.25, 0.3) is 10.8 Å². The van der Waals surface area contributed by atoms with Crippen molar-refractivity contribution in [2.45, 2.75) is 50.8 Å². The second-order valence-electron chi connectivity index (χ2n) is 8.74. The first-order valence-corrected chi connectivity index (χ1v) is 11.7. The number of carbonyl (C=O) groups excluding carboxylic acids is 2. The Labute approximate surface area is 212 Å². The molecule has 0 radical (unpaired) electrons. The highest BCUT2D eigenvalue weighted by molar-refractivity contribution is 9.08. The summed E-state index contributed by atoms with van der Waals surface area (Å²) in [4.78, 5) is 27.5. The molecule has 36 heavy (non-hydrogen) atoms. The molecule has 0 fully saturated rings. The molecule has 3 rings (SSSR count). The zero-order valence-electron chi connectivity index (χ0n) is 19.7. The van der Waals surface area contributed by atoms with Gasteiger partial charge in [-0.3, -0.25) is 0 Å². The minimum atomic E-state index is -4.82. The monoisotopic (exact) mass is 569 g/mol. The van der Waals surface area contributed by atoms with Crippen LogP contribution in [-0.4, -0.2) is 33.0 Å². The Morgan fingerprint density at radius 1 is 1.11 bits per heavy atom. The Balaban J connectivity index is 1.88. The van der Waals surface area contributed by atoms with Crippen LogP contribution in [0.2, 0.25) is 0 Å². The average Bonchev–Trinajstić information content (AvgIpc) is 2.76. The third-order valence-electron chi connectivity index (χ3n) is 4.60. The van der Waals surface area contributed by atoms with Gasteiger partial charge in [0.1, 0.15) is 17.0 Å². The molecule has 0 saturated carbocycles. The third-order valence-corrected chi connectivity index (χ3v) is 5.25. The Kier molecular flexibility index (Phi) is 8.02. The molecule has 3 aromatic rings. The number of anilines is 1. The number of carbonyl (C=O) groups is 2. The molecule has 2 amide bonds. The van der Waals surface area contributed by atoms with Gasteiger partial charge in [0.05, 0.1) is 17.9 Å². The van der Waals surface area contributed by atoms with Crippen molar-refractivity contribution in [3.05, 3.63) is 53.5 Å². The average molecular weight is 570 g/mol. The van der Waals surface area contributed by atoms with E-state index in [1.807, 2.05) is 18.2 Å². The van der Waals surface area contributed by atoms with Crippen LogP contribution in [0.4, 0.5) is 28.6 Å². The molecule has 0 aliphatic carbocycles. The molecule has 1 atom stereocenters. The third kappa shape index (κ3) is 7.26. The molecule has 1 aromatic carbocycles. The van der Waals surface area contributed by atoms with E-state index in [0.29, 0.717) is 22.6 Å². The van der Waals surface area contributed by atoms with E-state index in [-0.39, 0.29) is 5.69 Å². The minimum Gasteiger partial charge on any atom is -0.443 e. The van der Waals surface area contributed by atoms with Gasteiger partial charge in [-0.05, 0) is 39.3 Å². The lowest BCUT2D eigenvalue weighted by atomic mass is 10.1. The van der Waals surface area contributed by atoms with E-state index >= 15 is 0 Å². The summed E-state index contributed by atoms with van der Waals surface area (Å²) in [6, 6.07) is 6.56. The number of hydrogen-bond donors (Lipinski definition) is 2. The first-order valence-electron chi connectivity index (χ1n) is 10.6. The van der Waals surface area contributed by atoms with Crippen molar-refractivity contribution in [3.63, 3.8) is 0 Å². The molecule has 2 aromatic heterocycles. The van der Waals surface area contributed by atoms with Gasteiger partial charge in [-0.2, -0.15) is 18.3 Å². The van der Waals surface area contributed by atoms with Crippen molar-refractivity contribution in [2.24, 2.45) is 0 Å². The maximum Gasteiger partial charge on any atom is 0.433 e. The van der Waals surface area contributed by atoms with Crippen LogP contribution in [0.3, 0.4) is 0 Å². The van der Waals surface area contributed by atoms with Gasteiger partial charge in [-0.15, -0.1) is 5.10 Å². The maximum atomic E-state index is 13.5. The molecule has 2 N–H and O–H groups in total. The van der Waals surface area contributed by atoms with Crippen LogP contribution in [0.1, 0.15) is 50.7 Å². The number of fused-ring (bicyclic) bond motifs is 1. The number of imide groups is 1. The first kappa shape index (κ1) is 27.1. The van der Waals surface area contributed by atoms with Gasteiger partial charge in [0.2, 0.25) is 0 Å². The number of rotatable bonds is 5. The summed E-state index contributed by atoms with van der Waals surface area (Å²) < 4.78 is 50.4. The number of benzene rings is 1. The highest BCUT2D eigenvalue weighted by atomic mass is 79.9. The van der Waals surface area contributed by atoms with E-state index in [4.69, 9.17) is 9.47 Å². The Morgan fingerprint density at radius 2 is 1.83 bits per heavy atom. The molecule has 2 heterocycles. The van der Waals surface area contributed by atoms with Gasteiger partial charge < -0.3 is 14.8 Å². The smallest absolute Gasteiger partial charge is 0.433 e. The van der Waals surface area contributed by atoms with Crippen molar-refractivity contribution in [1.82, 2.24) is 20.5 Å². The summed E-state index contributed by atoms with van der Waals surface area (Å²) in [5, 5.41) is 14.9. The molecule has 9 nitrogen and oxygen atoms in total. The number of hydrogen-bond acceptors (Lipinski definition) is 8. The molecule has 192 valence electrons. The molecule has 13 heteroatoms. The Hall–Kier alpha value is -3.48. The van der Waals surface area contributed by atoms with E-state index in [0.717, 1.165) is 17.0 Å². The number of nitrogens with one attached hydrogen (secondary N) is 2. The molecule has 1 unspecified atom stereocenters. The first-order chi connectivity index (χ1) is 16.7. The zero-order chi connectivity index (χ0) is 26.7. The minimum absolute atomic E-state index is 0.0830. The molecular formula is C23H23BrF3N5O4. The van der Waals surface area contributed by atoms with Gasteiger partial charge in [-0.1, -0.05) is 28.1 Å². The van der Waals surface area contributed by atoms with Crippen LogP contribution in [0, 0.1) is 0 Å². The van der Waals surface area contributed by atoms with Gasteiger partial charge >= 0.3 is 18.4 Å². The van der Waals surface area contributed by atoms with Gasteiger partial charge in [0, 0.05) is 28.2 Å². The number of aromatic nitrogens is 3. The molecule has 0 spiro atoms. The van der Waals surface area contributed by atoms with Crippen LogP contribution < -0.4 is 15.4 Å². The fourth-order valence-corrected chi connectivity index (χ4v) is 3.41. The van der Waals surface area contributed by atoms with E-state index in [1.54, 1.807) is 39.2 Å². The lowest BCUT2D eigenvalue weighted by Crippen LogP contribution is -2.37. The highest BCUT2D eigenvalue weighted by Gasteiger charge is 2.34. The summed E-state index contributed by atoms with van der Waals surface area (Å²) in [5.74, 6) is -0.125. The molecule has 0 bridgehead atoms. The second-order valence-corrected chi connectivity index (χ2v) is 9.30. The van der Waals surface area contributed by atoms with Crippen molar-refractivity contribution in [3.8, 4) is 5.75 Å². The predicted molar refractivity (Wildman–Crippen MR) is 129 cm³/mol. The van der Waals surface area contributed by atoms with Crippen LogP contribution in [-0.2, 0) is 16.2 Å². The Morgan fingerprint density at radius 3 is 2.47 bits per heavy atom. The number of alkyl carbamates (subject to hydrolysis) is 1. The quantitative estimate of drug-likeness (QED) is 0.352. The van der Waals surface area contributed by atoms with Crippen molar-refractivity contribution in [1.29, 1.82) is 0 Å². The summed E-state index contributed by atoms with van der Waals surface area (Å²) in [6.45, 7) is 6.32. The maximum absolute atomic E-state index is 13.5. The lowest BCUT2D eigenvalue weighted by Gasteiger charge is -2.19. The van der Waals surface area contributed by atoms with E-state index < -0.39 is 41.4 Å². The van der Waals surface area contributed by atoms with E-state index in [2.05, 4.69) is 36.4 Å².